The predicted octanol–water partition coefficient (Wildman–Crippen LogP) is 3.77. The molecule has 0 bridgehead atoms. The monoisotopic (exact) mass is 294 g/mol. The molecule has 1 aromatic heterocycles. The number of aryl methyl sites for hydroxylation is 1. The maximum absolute atomic E-state index is 9.27. The minimum absolute atomic E-state index is 0.292. The molecule has 102 valence electrons. The molecule has 0 fully saturated rings. The van der Waals surface area contributed by atoms with E-state index in [1.165, 1.54) is 0 Å². The number of nitrogens with zero attached hydrogens (tertiary/aromatic N) is 4. The van der Waals surface area contributed by atoms with Crippen molar-refractivity contribution < 1.29 is 0 Å². The molecular formula is C16H11ClN4. The minimum Gasteiger partial charge on any atom is -0.211 e. The van der Waals surface area contributed by atoms with E-state index in [1.54, 1.807) is 16.8 Å². The number of benzene rings is 2. The van der Waals surface area contributed by atoms with Gasteiger partial charge >= 0.3 is 0 Å². The predicted molar refractivity (Wildman–Crippen MR) is 81.3 cm³/mol. The van der Waals surface area contributed by atoms with Gasteiger partial charge in [-0.1, -0.05) is 47.1 Å². The lowest BCUT2D eigenvalue weighted by Gasteiger charge is -2.09. The van der Waals surface area contributed by atoms with Crippen molar-refractivity contribution in [2.45, 2.75) is 6.92 Å². The Labute approximate surface area is 127 Å². The molecule has 1 heterocycles. The number of hydrogen-bond acceptors (Lipinski definition) is 3. The highest BCUT2D eigenvalue weighted by molar-refractivity contribution is 6.30. The van der Waals surface area contributed by atoms with Gasteiger partial charge in [-0.2, -0.15) is 5.26 Å². The average molecular weight is 295 g/mol. The third-order valence-corrected chi connectivity index (χ3v) is 3.49. The van der Waals surface area contributed by atoms with Crippen molar-refractivity contribution in [2.24, 2.45) is 0 Å². The summed E-state index contributed by atoms with van der Waals surface area (Å²) < 4.78 is 1.69. The molecule has 0 amide bonds. The first kappa shape index (κ1) is 13.3. The van der Waals surface area contributed by atoms with Gasteiger partial charge in [0.1, 0.15) is 11.8 Å². The Morgan fingerprint density at radius 3 is 2.48 bits per heavy atom. The number of nitriles is 1. The Balaban J connectivity index is 2.25. The van der Waals surface area contributed by atoms with Gasteiger partial charge in [-0.25, -0.2) is 4.68 Å². The van der Waals surface area contributed by atoms with Crippen molar-refractivity contribution in [2.75, 3.05) is 0 Å². The quantitative estimate of drug-likeness (QED) is 0.723. The maximum atomic E-state index is 9.27. The zero-order valence-corrected chi connectivity index (χ0v) is 12.0. The van der Waals surface area contributed by atoms with Crippen LogP contribution in [-0.2, 0) is 0 Å². The van der Waals surface area contributed by atoms with E-state index in [4.69, 9.17) is 11.6 Å². The van der Waals surface area contributed by atoms with Gasteiger partial charge in [0.25, 0.3) is 0 Å². The molecule has 0 saturated heterocycles. The van der Waals surface area contributed by atoms with Crippen LogP contribution in [0.25, 0.3) is 16.9 Å². The van der Waals surface area contributed by atoms with Crippen LogP contribution in [0.1, 0.15) is 11.3 Å². The van der Waals surface area contributed by atoms with Gasteiger partial charge in [-0.15, -0.1) is 5.10 Å². The van der Waals surface area contributed by atoms with Crippen LogP contribution in [0, 0.1) is 18.3 Å². The molecule has 5 heteroatoms. The van der Waals surface area contributed by atoms with Crippen LogP contribution >= 0.6 is 11.6 Å². The van der Waals surface area contributed by atoms with Crippen molar-refractivity contribution in [1.82, 2.24) is 15.0 Å². The average Bonchev–Trinajstić information content (AvgIpc) is 2.92. The lowest BCUT2D eigenvalue weighted by Crippen LogP contribution is -2.01. The standard InChI is InChI=1S/C16H11ClN4/c1-11-4-2-3-5-15(11)21-16(14(10-18)19-20-21)12-6-8-13(17)9-7-12/h2-9H,1H3. The number of rotatable bonds is 2. The van der Waals surface area contributed by atoms with E-state index in [0.29, 0.717) is 16.4 Å². The highest BCUT2D eigenvalue weighted by Crippen LogP contribution is 2.27. The van der Waals surface area contributed by atoms with Crippen LogP contribution in [0.15, 0.2) is 48.5 Å². The van der Waals surface area contributed by atoms with Crippen LogP contribution in [0.5, 0.6) is 0 Å². The Kier molecular flexibility index (Phi) is 3.43. The number of para-hydroxylation sites is 1. The van der Waals surface area contributed by atoms with E-state index >= 15 is 0 Å². The summed E-state index contributed by atoms with van der Waals surface area (Å²) in [6.45, 7) is 1.99. The van der Waals surface area contributed by atoms with Crippen LogP contribution in [0.4, 0.5) is 0 Å². The molecule has 0 aliphatic heterocycles. The van der Waals surface area contributed by atoms with Gasteiger partial charge in [0.05, 0.1) is 5.69 Å². The van der Waals surface area contributed by atoms with Gasteiger partial charge in [0, 0.05) is 10.6 Å². The number of hydrogen-bond donors (Lipinski definition) is 0. The van der Waals surface area contributed by atoms with E-state index in [1.807, 2.05) is 43.3 Å². The first-order valence-corrected chi connectivity index (χ1v) is 6.76. The van der Waals surface area contributed by atoms with Gasteiger partial charge in [-0.05, 0) is 30.7 Å². The molecule has 0 atom stereocenters. The molecule has 2 aromatic carbocycles. The largest absolute Gasteiger partial charge is 0.211 e. The summed E-state index contributed by atoms with van der Waals surface area (Å²) in [6, 6.07) is 17.2. The SMILES string of the molecule is Cc1ccccc1-n1nnc(C#N)c1-c1ccc(Cl)cc1. The molecule has 0 aliphatic carbocycles. The molecule has 0 unspecified atom stereocenters. The summed E-state index contributed by atoms with van der Waals surface area (Å²) in [5, 5.41) is 18.0. The Morgan fingerprint density at radius 1 is 1.10 bits per heavy atom. The normalized spacial score (nSPS) is 10.3. The summed E-state index contributed by atoms with van der Waals surface area (Å²) >= 11 is 5.93. The Bertz CT molecular complexity index is 828. The molecular weight excluding hydrogens is 284 g/mol. The van der Waals surface area contributed by atoms with Crippen LogP contribution in [0.2, 0.25) is 5.02 Å². The topological polar surface area (TPSA) is 54.5 Å². The minimum atomic E-state index is 0.292. The molecule has 0 aliphatic rings. The third-order valence-electron chi connectivity index (χ3n) is 3.24. The van der Waals surface area contributed by atoms with Crippen molar-refractivity contribution in [3.63, 3.8) is 0 Å². The molecule has 21 heavy (non-hydrogen) atoms. The molecule has 0 spiro atoms. The molecule has 0 saturated carbocycles. The fraction of sp³-hybridized carbons (Fsp3) is 0.0625. The van der Waals surface area contributed by atoms with Gasteiger partial charge in [0.15, 0.2) is 5.69 Å². The van der Waals surface area contributed by atoms with Crippen LogP contribution < -0.4 is 0 Å². The van der Waals surface area contributed by atoms with Crippen molar-refractivity contribution >= 4 is 11.6 Å². The molecule has 3 rings (SSSR count). The zero-order valence-electron chi connectivity index (χ0n) is 11.3. The maximum Gasteiger partial charge on any atom is 0.191 e. The summed E-state index contributed by atoms with van der Waals surface area (Å²) in [4.78, 5) is 0. The van der Waals surface area contributed by atoms with Crippen LogP contribution in [0.3, 0.4) is 0 Å². The molecule has 4 nitrogen and oxygen atoms in total. The highest BCUT2D eigenvalue weighted by atomic mass is 35.5. The second kappa shape index (κ2) is 5.39. The van der Waals surface area contributed by atoms with Crippen molar-refractivity contribution in [3.05, 3.63) is 64.8 Å². The third kappa shape index (κ3) is 2.39. The summed E-state index contributed by atoms with van der Waals surface area (Å²) in [5.74, 6) is 0. The van der Waals surface area contributed by atoms with Crippen molar-refractivity contribution in [3.8, 4) is 23.0 Å². The van der Waals surface area contributed by atoms with Crippen LogP contribution in [-0.4, -0.2) is 15.0 Å². The fourth-order valence-corrected chi connectivity index (χ4v) is 2.32. The summed E-state index contributed by atoms with van der Waals surface area (Å²) in [7, 11) is 0. The number of halogens is 1. The Hall–Kier alpha value is -2.64. The van der Waals surface area contributed by atoms with Gasteiger partial charge in [0.2, 0.25) is 0 Å². The molecule has 3 aromatic rings. The molecule has 0 N–H and O–H groups in total. The van der Waals surface area contributed by atoms with E-state index in [9.17, 15) is 5.26 Å². The fourth-order valence-electron chi connectivity index (χ4n) is 2.19. The molecule has 0 radical (unpaired) electrons. The second-order valence-corrected chi connectivity index (χ2v) is 5.04. The van der Waals surface area contributed by atoms with Crippen molar-refractivity contribution in [1.29, 1.82) is 5.26 Å². The smallest absolute Gasteiger partial charge is 0.191 e. The first-order valence-electron chi connectivity index (χ1n) is 6.38. The van der Waals surface area contributed by atoms with E-state index in [0.717, 1.165) is 16.8 Å². The van der Waals surface area contributed by atoms with Gasteiger partial charge in [-0.3, -0.25) is 0 Å². The van der Waals surface area contributed by atoms with E-state index < -0.39 is 0 Å². The van der Waals surface area contributed by atoms with Gasteiger partial charge < -0.3 is 0 Å². The summed E-state index contributed by atoms with van der Waals surface area (Å²) in [6.07, 6.45) is 0. The highest BCUT2D eigenvalue weighted by Gasteiger charge is 2.16. The zero-order chi connectivity index (χ0) is 14.8. The first-order chi connectivity index (χ1) is 10.2. The number of aromatic nitrogens is 3. The summed E-state index contributed by atoms with van der Waals surface area (Å²) in [5.41, 5.74) is 3.77. The second-order valence-electron chi connectivity index (χ2n) is 4.60. The Morgan fingerprint density at radius 2 is 1.81 bits per heavy atom. The van der Waals surface area contributed by atoms with E-state index in [2.05, 4.69) is 16.4 Å². The van der Waals surface area contributed by atoms with E-state index in [-0.39, 0.29) is 0 Å². The lowest BCUT2D eigenvalue weighted by atomic mass is 10.1. The lowest BCUT2D eigenvalue weighted by molar-refractivity contribution is 0.802.